The minimum absolute atomic E-state index is 0.162. The lowest BCUT2D eigenvalue weighted by Crippen LogP contribution is -2.42. The van der Waals surface area contributed by atoms with Crippen molar-refractivity contribution >= 4 is 11.7 Å². The Hall–Kier alpha value is -2.47. The fourth-order valence-electron chi connectivity index (χ4n) is 3.48. The van der Waals surface area contributed by atoms with E-state index in [2.05, 4.69) is 51.5 Å². The van der Waals surface area contributed by atoms with Crippen LogP contribution in [-0.4, -0.2) is 40.9 Å². The zero-order chi connectivity index (χ0) is 16.9. The van der Waals surface area contributed by atoms with Gasteiger partial charge in [0.2, 0.25) is 0 Å². The van der Waals surface area contributed by atoms with Crippen molar-refractivity contribution < 1.29 is 4.79 Å². The van der Waals surface area contributed by atoms with Gasteiger partial charge in [0.1, 0.15) is 0 Å². The van der Waals surface area contributed by atoms with Crippen LogP contribution < -0.4 is 11.1 Å². The number of anilines is 1. The molecule has 0 aliphatic carbocycles. The van der Waals surface area contributed by atoms with Crippen LogP contribution in [0.5, 0.6) is 0 Å². The molecule has 1 saturated heterocycles. The summed E-state index contributed by atoms with van der Waals surface area (Å²) >= 11 is 0. The van der Waals surface area contributed by atoms with Gasteiger partial charge in [-0.1, -0.05) is 30.3 Å². The second kappa shape index (κ2) is 7.40. The standard InChI is InChI=1S/C18H23N5O/c1-23-11-5-8-14(16(23)13-6-3-2-4-7-13)12-22-18(24)15-17(19)21-10-9-20-15/h2-4,6-7,9-10,14,16H,5,8,11-12H2,1H3,(H2,19,21)(H,22,24)/t14-,16-/m0/s1. The minimum atomic E-state index is -0.263. The second-order valence-electron chi connectivity index (χ2n) is 6.24. The van der Waals surface area contributed by atoms with Gasteiger partial charge in [0.05, 0.1) is 0 Å². The van der Waals surface area contributed by atoms with E-state index in [-0.39, 0.29) is 17.4 Å². The van der Waals surface area contributed by atoms with Crippen molar-refractivity contribution in [3.8, 4) is 0 Å². The highest BCUT2D eigenvalue weighted by Crippen LogP contribution is 2.34. The van der Waals surface area contributed by atoms with Crippen LogP contribution in [0.2, 0.25) is 0 Å². The summed E-state index contributed by atoms with van der Waals surface area (Å²) in [5, 5.41) is 2.98. The molecule has 0 spiro atoms. The molecule has 0 saturated carbocycles. The average molecular weight is 325 g/mol. The van der Waals surface area contributed by atoms with E-state index in [9.17, 15) is 4.79 Å². The fraction of sp³-hybridized carbons (Fsp3) is 0.389. The molecule has 6 heteroatoms. The van der Waals surface area contributed by atoms with Crippen molar-refractivity contribution in [3.05, 3.63) is 54.0 Å². The quantitative estimate of drug-likeness (QED) is 0.896. The number of likely N-dealkylation sites (tertiary alicyclic amines) is 1. The van der Waals surface area contributed by atoms with Gasteiger partial charge in [-0.05, 0) is 37.9 Å². The third kappa shape index (κ3) is 3.54. The Bertz CT molecular complexity index is 691. The SMILES string of the molecule is CN1CCC[C@@H](CNC(=O)c2nccnc2N)[C@@H]1c1ccccc1. The molecular weight excluding hydrogens is 302 g/mol. The van der Waals surface area contributed by atoms with Gasteiger partial charge in [0.25, 0.3) is 5.91 Å². The Morgan fingerprint density at radius 1 is 1.29 bits per heavy atom. The molecule has 2 atom stereocenters. The molecule has 1 aliphatic heterocycles. The summed E-state index contributed by atoms with van der Waals surface area (Å²) in [4.78, 5) is 22.6. The number of hydrogen-bond acceptors (Lipinski definition) is 5. The number of nitrogen functional groups attached to an aromatic ring is 1. The summed E-state index contributed by atoms with van der Waals surface area (Å²) in [5.41, 5.74) is 7.21. The van der Waals surface area contributed by atoms with Crippen LogP contribution in [0.1, 0.15) is 34.9 Å². The first-order valence-electron chi connectivity index (χ1n) is 8.26. The smallest absolute Gasteiger partial charge is 0.273 e. The van der Waals surface area contributed by atoms with Crippen LogP contribution in [-0.2, 0) is 0 Å². The number of piperidine rings is 1. The number of amides is 1. The highest BCUT2D eigenvalue weighted by Gasteiger charge is 2.30. The van der Waals surface area contributed by atoms with Crippen LogP contribution in [0.25, 0.3) is 0 Å². The molecule has 1 fully saturated rings. The van der Waals surface area contributed by atoms with Gasteiger partial charge >= 0.3 is 0 Å². The maximum Gasteiger partial charge on any atom is 0.273 e. The molecule has 1 aromatic carbocycles. The highest BCUT2D eigenvalue weighted by molar-refractivity contribution is 5.96. The largest absolute Gasteiger partial charge is 0.382 e. The van der Waals surface area contributed by atoms with Gasteiger partial charge in [-0.3, -0.25) is 9.69 Å². The maximum atomic E-state index is 12.3. The van der Waals surface area contributed by atoms with E-state index in [4.69, 9.17) is 5.73 Å². The summed E-state index contributed by atoms with van der Waals surface area (Å²) in [6.07, 6.45) is 5.17. The molecule has 1 aromatic heterocycles. The van der Waals surface area contributed by atoms with Gasteiger partial charge in [-0.25, -0.2) is 9.97 Å². The lowest BCUT2D eigenvalue weighted by Gasteiger charge is -2.39. The Labute approximate surface area is 142 Å². The van der Waals surface area contributed by atoms with Crippen LogP contribution in [0.4, 0.5) is 5.82 Å². The molecule has 1 aliphatic rings. The molecule has 3 rings (SSSR count). The summed E-state index contributed by atoms with van der Waals surface area (Å²) in [5.74, 6) is 0.254. The van der Waals surface area contributed by atoms with Gasteiger partial charge in [0.15, 0.2) is 11.5 Å². The molecular formula is C18H23N5O. The van der Waals surface area contributed by atoms with Crippen molar-refractivity contribution in [1.29, 1.82) is 0 Å². The Kier molecular flexibility index (Phi) is 5.05. The Balaban J connectivity index is 1.71. The number of carbonyl (C=O) groups excluding carboxylic acids is 1. The first kappa shape index (κ1) is 16.4. The number of aromatic nitrogens is 2. The Morgan fingerprint density at radius 2 is 2.04 bits per heavy atom. The van der Waals surface area contributed by atoms with E-state index in [1.165, 1.54) is 18.0 Å². The van der Waals surface area contributed by atoms with Gasteiger partial charge in [-0.15, -0.1) is 0 Å². The molecule has 126 valence electrons. The van der Waals surface area contributed by atoms with E-state index in [1.807, 2.05) is 6.07 Å². The molecule has 0 bridgehead atoms. The predicted octanol–water partition coefficient (Wildman–Crippen LogP) is 1.87. The highest BCUT2D eigenvalue weighted by atomic mass is 16.1. The number of carbonyl (C=O) groups is 1. The molecule has 0 unspecified atom stereocenters. The Morgan fingerprint density at radius 3 is 2.79 bits per heavy atom. The van der Waals surface area contributed by atoms with Crippen LogP contribution in [0.3, 0.4) is 0 Å². The first-order valence-corrected chi connectivity index (χ1v) is 8.26. The summed E-state index contributed by atoms with van der Waals surface area (Å²) < 4.78 is 0. The lowest BCUT2D eigenvalue weighted by molar-refractivity contribution is 0.0887. The zero-order valence-electron chi connectivity index (χ0n) is 13.9. The number of hydrogen-bond donors (Lipinski definition) is 2. The minimum Gasteiger partial charge on any atom is -0.382 e. The monoisotopic (exact) mass is 325 g/mol. The summed E-state index contributed by atoms with van der Waals surface area (Å²) in [7, 11) is 2.15. The van der Waals surface area contributed by atoms with Crippen LogP contribution in [0.15, 0.2) is 42.7 Å². The fourth-order valence-corrected chi connectivity index (χ4v) is 3.48. The van der Waals surface area contributed by atoms with Crippen molar-refractivity contribution in [1.82, 2.24) is 20.2 Å². The lowest BCUT2D eigenvalue weighted by atomic mass is 9.85. The van der Waals surface area contributed by atoms with E-state index < -0.39 is 0 Å². The van der Waals surface area contributed by atoms with E-state index in [0.29, 0.717) is 18.5 Å². The molecule has 2 heterocycles. The summed E-state index contributed by atoms with van der Waals surface area (Å²) in [6, 6.07) is 10.8. The zero-order valence-corrected chi connectivity index (χ0v) is 13.9. The number of benzene rings is 1. The molecule has 3 N–H and O–H groups in total. The van der Waals surface area contributed by atoms with Crippen molar-refractivity contribution in [2.75, 3.05) is 25.9 Å². The number of nitrogens with one attached hydrogen (secondary N) is 1. The molecule has 1 amide bonds. The van der Waals surface area contributed by atoms with Gasteiger partial charge < -0.3 is 11.1 Å². The summed E-state index contributed by atoms with van der Waals surface area (Å²) in [6.45, 7) is 1.67. The number of rotatable bonds is 4. The van der Waals surface area contributed by atoms with E-state index in [1.54, 1.807) is 0 Å². The first-order chi connectivity index (χ1) is 11.7. The van der Waals surface area contributed by atoms with Gasteiger partial charge in [0, 0.05) is 25.0 Å². The molecule has 6 nitrogen and oxygen atoms in total. The number of nitrogens with zero attached hydrogens (tertiary/aromatic N) is 3. The molecule has 24 heavy (non-hydrogen) atoms. The van der Waals surface area contributed by atoms with Crippen LogP contribution >= 0.6 is 0 Å². The van der Waals surface area contributed by atoms with Crippen molar-refractivity contribution in [2.45, 2.75) is 18.9 Å². The number of nitrogens with two attached hydrogens (primary N) is 1. The maximum absolute atomic E-state index is 12.3. The van der Waals surface area contributed by atoms with Crippen molar-refractivity contribution in [2.24, 2.45) is 5.92 Å². The molecule has 0 radical (unpaired) electrons. The predicted molar refractivity (Wildman–Crippen MR) is 93.3 cm³/mol. The van der Waals surface area contributed by atoms with E-state index >= 15 is 0 Å². The third-order valence-corrected chi connectivity index (χ3v) is 4.61. The average Bonchev–Trinajstić information content (AvgIpc) is 2.61. The van der Waals surface area contributed by atoms with Crippen LogP contribution in [0, 0.1) is 5.92 Å². The third-order valence-electron chi connectivity index (χ3n) is 4.61. The van der Waals surface area contributed by atoms with Crippen molar-refractivity contribution in [3.63, 3.8) is 0 Å². The second-order valence-corrected chi connectivity index (χ2v) is 6.24. The topological polar surface area (TPSA) is 84.1 Å². The normalized spacial score (nSPS) is 21.4. The van der Waals surface area contributed by atoms with Gasteiger partial charge in [-0.2, -0.15) is 0 Å². The van der Waals surface area contributed by atoms with E-state index in [0.717, 1.165) is 19.4 Å². The molecule has 2 aromatic rings.